The number of aromatic nitrogens is 1. The SMILES string of the molecule is O=C(CN(C[C@H]1CCCO1)C[C@@H]1CCCO1)c1c[nH]c2ccccc12. The predicted octanol–water partition coefficient (Wildman–Crippen LogP) is 3.01. The summed E-state index contributed by atoms with van der Waals surface area (Å²) in [6, 6.07) is 7.96. The molecular weight excluding hydrogens is 316 g/mol. The number of H-pyrrole nitrogens is 1. The van der Waals surface area contributed by atoms with E-state index in [0.717, 1.165) is 68.5 Å². The van der Waals surface area contributed by atoms with Crippen molar-refractivity contribution < 1.29 is 14.3 Å². The van der Waals surface area contributed by atoms with E-state index in [0.29, 0.717) is 6.54 Å². The molecule has 1 aromatic carbocycles. The van der Waals surface area contributed by atoms with Crippen LogP contribution in [-0.2, 0) is 9.47 Å². The molecule has 2 aliphatic rings. The van der Waals surface area contributed by atoms with Gasteiger partial charge in [-0.2, -0.15) is 0 Å². The van der Waals surface area contributed by atoms with Crippen LogP contribution < -0.4 is 0 Å². The number of nitrogens with one attached hydrogen (secondary N) is 1. The van der Waals surface area contributed by atoms with E-state index < -0.39 is 0 Å². The van der Waals surface area contributed by atoms with Crippen molar-refractivity contribution in [2.45, 2.75) is 37.9 Å². The third-order valence-corrected chi connectivity index (χ3v) is 5.23. The summed E-state index contributed by atoms with van der Waals surface area (Å²) in [6.07, 6.45) is 6.74. The first-order valence-corrected chi connectivity index (χ1v) is 9.34. The molecule has 2 aliphatic heterocycles. The van der Waals surface area contributed by atoms with Gasteiger partial charge in [0.05, 0.1) is 18.8 Å². The van der Waals surface area contributed by atoms with Crippen molar-refractivity contribution in [1.29, 1.82) is 0 Å². The maximum absolute atomic E-state index is 12.9. The van der Waals surface area contributed by atoms with E-state index in [1.807, 2.05) is 30.5 Å². The van der Waals surface area contributed by atoms with Crippen molar-refractivity contribution >= 4 is 16.7 Å². The molecule has 0 aliphatic carbocycles. The highest BCUT2D eigenvalue weighted by molar-refractivity contribution is 6.08. The van der Waals surface area contributed by atoms with Gasteiger partial charge in [-0.05, 0) is 31.7 Å². The molecule has 2 saturated heterocycles. The van der Waals surface area contributed by atoms with Crippen LogP contribution in [0.4, 0.5) is 0 Å². The van der Waals surface area contributed by atoms with Gasteiger partial charge < -0.3 is 14.5 Å². The van der Waals surface area contributed by atoms with Crippen LogP contribution in [0.1, 0.15) is 36.0 Å². The first-order valence-electron chi connectivity index (χ1n) is 9.34. The number of para-hydroxylation sites is 1. The number of nitrogens with zero attached hydrogens (tertiary/aromatic N) is 1. The Hall–Kier alpha value is -1.69. The lowest BCUT2D eigenvalue weighted by atomic mass is 10.1. The maximum Gasteiger partial charge on any atom is 0.178 e. The second-order valence-electron chi connectivity index (χ2n) is 7.14. The van der Waals surface area contributed by atoms with Gasteiger partial charge in [-0.15, -0.1) is 0 Å². The van der Waals surface area contributed by atoms with E-state index in [1.54, 1.807) is 0 Å². The summed E-state index contributed by atoms with van der Waals surface area (Å²) in [5.41, 5.74) is 1.79. The van der Waals surface area contributed by atoms with Gasteiger partial charge in [0.2, 0.25) is 0 Å². The van der Waals surface area contributed by atoms with E-state index in [2.05, 4.69) is 9.88 Å². The number of fused-ring (bicyclic) bond motifs is 1. The number of carbonyl (C=O) groups excluding carboxylic acids is 1. The Bertz CT molecular complexity index is 697. The zero-order chi connectivity index (χ0) is 17.1. The Kier molecular flexibility index (Phi) is 5.15. The molecule has 5 nitrogen and oxygen atoms in total. The van der Waals surface area contributed by atoms with Crippen molar-refractivity contribution in [2.75, 3.05) is 32.8 Å². The van der Waals surface area contributed by atoms with Gasteiger partial charge in [0.1, 0.15) is 0 Å². The highest BCUT2D eigenvalue weighted by Crippen LogP contribution is 2.21. The summed E-state index contributed by atoms with van der Waals surface area (Å²) < 4.78 is 11.6. The number of rotatable bonds is 7. The van der Waals surface area contributed by atoms with Crippen molar-refractivity contribution in [3.63, 3.8) is 0 Å². The van der Waals surface area contributed by atoms with Gasteiger partial charge in [0, 0.05) is 49.0 Å². The number of aromatic amines is 1. The Morgan fingerprint density at radius 3 is 2.40 bits per heavy atom. The summed E-state index contributed by atoms with van der Waals surface area (Å²) in [5, 5.41) is 1.00. The van der Waals surface area contributed by atoms with Crippen LogP contribution in [0.25, 0.3) is 10.9 Å². The maximum atomic E-state index is 12.9. The number of carbonyl (C=O) groups is 1. The number of hydrogen-bond donors (Lipinski definition) is 1. The summed E-state index contributed by atoms with van der Waals surface area (Å²) in [5.74, 6) is 0.161. The lowest BCUT2D eigenvalue weighted by molar-refractivity contribution is 0.0371. The van der Waals surface area contributed by atoms with E-state index in [9.17, 15) is 4.79 Å². The Labute approximate surface area is 148 Å². The number of benzene rings is 1. The summed E-state index contributed by atoms with van der Waals surface area (Å²) >= 11 is 0. The fourth-order valence-corrected chi connectivity index (χ4v) is 3.95. The molecule has 1 aromatic heterocycles. The first kappa shape index (κ1) is 16.8. The zero-order valence-electron chi connectivity index (χ0n) is 14.6. The van der Waals surface area contributed by atoms with Gasteiger partial charge >= 0.3 is 0 Å². The molecule has 3 heterocycles. The van der Waals surface area contributed by atoms with E-state index in [1.165, 1.54) is 0 Å². The minimum Gasteiger partial charge on any atom is -0.377 e. The van der Waals surface area contributed by atoms with Crippen LogP contribution in [0, 0.1) is 0 Å². The second-order valence-corrected chi connectivity index (χ2v) is 7.14. The molecule has 2 atom stereocenters. The number of Topliss-reactive ketones (excluding diaryl/α,β-unsaturated/α-hetero) is 1. The molecule has 0 amide bonds. The monoisotopic (exact) mass is 342 g/mol. The molecule has 0 bridgehead atoms. The molecule has 25 heavy (non-hydrogen) atoms. The zero-order valence-corrected chi connectivity index (χ0v) is 14.6. The molecule has 134 valence electrons. The van der Waals surface area contributed by atoms with Gasteiger partial charge in [-0.25, -0.2) is 0 Å². The van der Waals surface area contributed by atoms with Crippen LogP contribution >= 0.6 is 0 Å². The molecule has 5 heteroatoms. The molecular formula is C20H26N2O3. The van der Waals surface area contributed by atoms with Crippen LogP contribution in [0.15, 0.2) is 30.5 Å². The first-order chi connectivity index (χ1) is 12.3. The van der Waals surface area contributed by atoms with Crippen LogP contribution in [-0.4, -0.2) is 60.7 Å². The molecule has 2 aromatic rings. The highest BCUT2D eigenvalue weighted by Gasteiger charge is 2.26. The molecule has 0 spiro atoms. The van der Waals surface area contributed by atoms with Gasteiger partial charge in [-0.3, -0.25) is 9.69 Å². The molecule has 4 rings (SSSR count). The minimum absolute atomic E-state index is 0.161. The summed E-state index contributed by atoms with van der Waals surface area (Å²) in [7, 11) is 0. The standard InChI is InChI=1S/C20H26N2O3/c23-20(18-11-21-19-8-2-1-7-17(18)19)14-22(12-15-5-3-9-24-15)13-16-6-4-10-25-16/h1-2,7-8,11,15-16,21H,3-6,9-10,12-14H2/t15-,16+. The van der Waals surface area contributed by atoms with E-state index in [4.69, 9.17) is 9.47 Å². The third-order valence-electron chi connectivity index (χ3n) is 5.23. The molecule has 1 N–H and O–H groups in total. The van der Waals surface area contributed by atoms with Crippen LogP contribution in [0.5, 0.6) is 0 Å². The van der Waals surface area contributed by atoms with Crippen molar-refractivity contribution in [3.05, 3.63) is 36.0 Å². The summed E-state index contributed by atoms with van der Waals surface area (Å²) in [6.45, 7) is 3.73. The van der Waals surface area contributed by atoms with E-state index >= 15 is 0 Å². The third kappa shape index (κ3) is 3.94. The smallest absolute Gasteiger partial charge is 0.178 e. The molecule has 0 saturated carbocycles. The van der Waals surface area contributed by atoms with Crippen LogP contribution in [0.2, 0.25) is 0 Å². The molecule has 2 fully saturated rings. The largest absolute Gasteiger partial charge is 0.377 e. The highest BCUT2D eigenvalue weighted by atomic mass is 16.5. The fraction of sp³-hybridized carbons (Fsp3) is 0.550. The average Bonchev–Trinajstić information content (AvgIpc) is 3.36. The minimum atomic E-state index is 0.161. The predicted molar refractivity (Wildman–Crippen MR) is 97.0 cm³/mol. The number of ether oxygens (including phenoxy) is 2. The van der Waals surface area contributed by atoms with E-state index in [-0.39, 0.29) is 18.0 Å². The number of hydrogen-bond acceptors (Lipinski definition) is 4. The normalized spacial score (nSPS) is 23.7. The van der Waals surface area contributed by atoms with Gasteiger partial charge in [0.15, 0.2) is 5.78 Å². The topological polar surface area (TPSA) is 54.6 Å². The lowest BCUT2D eigenvalue weighted by Gasteiger charge is -2.26. The summed E-state index contributed by atoms with van der Waals surface area (Å²) in [4.78, 5) is 18.4. The average molecular weight is 342 g/mol. The fourth-order valence-electron chi connectivity index (χ4n) is 3.95. The Morgan fingerprint density at radius 2 is 1.76 bits per heavy atom. The van der Waals surface area contributed by atoms with Crippen molar-refractivity contribution in [1.82, 2.24) is 9.88 Å². The van der Waals surface area contributed by atoms with Gasteiger partial charge in [-0.1, -0.05) is 18.2 Å². The Morgan fingerprint density at radius 1 is 1.08 bits per heavy atom. The van der Waals surface area contributed by atoms with Crippen molar-refractivity contribution in [2.24, 2.45) is 0 Å². The Balaban J connectivity index is 1.46. The molecule has 0 unspecified atom stereocenters. The van der Waals surface area contributed by atoms with Crippen LogP contribution in [0.3, 0.4) is 0 Å². The second kappa shape index (κ2) is 7.68. The number of ketones is 1. The quantitative estimate of drug-likeness (QED) is 0.786. The van der Waals surface area contributed by atoms with Gasteiger partial charge in [0.25, 0.3) is 0 Å². The molecule has 0 radical (unpaired) electrons. The lowest BCUT2D eigenvalue weighted by Crippen LogP contribution is -2.40. The van der Waals surface area contributed by atoms with Crippen molar-refractivity contribution in [3.8, 4) is 0 Å².